The van der Waals surface area contributed by atoms with Crippen LogP contribution in [0.5, 0.6) is 0 Å². The summed E-state index contributed by atoms with van der Waals surface area (Å²) in [5.41, 5.74) is 2.05. The van der Waals surface area contributed by atoms with Gasteiger partial charge in [0.25, 0.3) is 10.0 Å². The Morgan fingerprint density at radius 3 is 2.50 bits per heavy atom. The van der Waals surface area contributed by atoms with Crippen molar-refractivity contribution in [3.8, 4) is 11.1 Å². The Morgan fingerprint density at radius 1 is 1.22 bits per heavy atom. The van der Waals surface area contributed by atoms with E-state index in [-0.39, 0.29) is 4.21 Å². The maximum absolute atomic E-state index is 13.3. The van der Waals surface area contributed by atoms with Crippen molar-refractivity contribution in [2.75, 3.05) is 0 Å². The van der Waals surface area contributed by atoms with Crippen molar-refractivity contribution in [2.45, 2.75) is 64.3 Å². The first kappa shape index (κ1) is 24.2. The van der Waals surface area contributed by atoms with Crippen LogP contribution in [-0.2, 0) is 23.0 Å². The molecule has 0 amide bonds. The van der Waals surface area contributed by atoms with Crippen molar-refractivity contribution in [3.05, 3.63) is 64.3 Å². The van der Waals surface area contributed by atoms with Crippen molar-refractivity contribution in [1.82, 2.24) is 14.3 Å². The quantitative estimate of drug-likeness (QED) is 0.444. The van der Waals surface area contributed by atoms with Crippen LogP contribution in [0.4, 0.5) is 5.69 Å². The van der Waals surface area contributed by atoms with Crippen LogP contribution in [0.25, 0.3) is 16.0 Å². The molecule has 0 aliphatic rings. The van der Waals surface area contributed by atoms with E-state index in [0.29, 0.717) is 29.3 Å². The normalized spacial score (nSPS) is 12.3. The van der Waals surface area contributed by atoms with Crippen molar-refractivity contribution < 1.29 is 8.42 Å². The van der Waals surface area contributed by atoms with Gasteiger partial charge in [0, 0.05) is 34.9 Å². The molecule has 0 bridgehead atoms. The molecular formula is C24H30N4O2S2. The average molecular weight is 471 g/mol. The second-order valence-corrected chi connectivity index (χ2v) is 12.4. The number of nitrogens with zero attached hydrogens (tertiary/aromatic N) is 3. The van der Waals surface area contributed by atoms with Crippen molar-refractivity contribution in [2.24, 2.45) is 5.92 Å². The largest absolute Gasteiger partial charge is 0.331 e. The number of thiophene rings is 1. The maximum atomic E-state index is 13.3. The first-order valence-electron chi connectivity index (χ1n) is 10.5. The van der Waals surface area contributed by atoms with Crippen molar-refractivity contribution in [1.29, 1.82) is 0 Å². The van der Waals surface area contributed by atoms with Gasteiger partial charge in [0.1, 0.15) is 10.0 Å². The van der Waals surface area contributed by atoms with Gasteiger partial charge in [0.2, 0.25) is 0 Å². The summed E-state index contributed by atoms with van der Waals surface area (Å²) in [7, 11) is -3.74. The Kier molecular flexibility index (Phi) is 6.94. The lowest BCUT2D eigenvalue weighted by molar-refractivity contribution is 0.493. The second-order valence-electron chi connectivity index (χ2n) is 9.43. The number of imidazole rings is 1. The zero-order valence-electron chi connectivity index (χ0n) is 19.4. The van der Waals surface area contributed by atoms with Crippen LogP contribution in [0.2, 0.25) is 0 Å². The zero-order valence-corrected chi connectivity index (χ0v) is 21.1. The molecule has 6 nitrogen and oxygen atoms in total. The van der Waals surface area contributed by atoms with E-state index >= 15 is 0 Å². The summed E-state index contributed by atoms with van der Waals surface area (Å²) < 4.78 is 31.6. The smallest absolute Gasteiger partial charge is 0.251 e. The summed E-state index contributed by atoms with van der Waals surface area (Å²) in [4.78, 5) is 8.98. The van der Waals surface area contributed by atoms with Gasteiger partial charge in [-0.3, -0.25) is 0 Å². The van der Waals surface area contributed by atoms with Gasteiger partial charge >= 0.3 is 0 Å². The fourth-order valence-electron chi connectivity index (χ4n) is 3.53. The molecule has 32 heavy (non-hydrogen) atoms. The van der Waals surface area contributed by atoms with E-state index in [9.17, 15) is 8.42 Å². The van der Waals surface area contributed by atoms with Gasteiger partial charge in [0.15, 0.2) is 5.69 Å². The van der Waals surface area contributed by atoms with E-state index in [2.05, 4.69) is 28.4 Å². The van der Waals surface area contributed by atoms with Gasteiger partial charge in [0.05, 0.1) is 6.57 Å². The SMILES string of the molecule is [C-]#[N+]c1cc(Cn2ccnc2C)ccc1-c1cc(CC(C)C)sc1S(=O)(=O)NC(C)(C)C. The fourth-order valence-corrected chi connectivity index (χ4v) is 6.88. The summed E-state index contributed by atoms with van der Waals surface area (Å²) in [6.07, 6.45) is 4.44. The Bertz CT molecular complexity index is 1260. The Hall–Kier alpha value is -2.47. The second kappa shape index (κ2) is 9.18. The highest BCUT2D eigenvalue weighted by Gasteiger charge is 2.28. The highest BCUT2D eigenvalue weighted by atomic mass is 32.2. The molecule has 0 fully saturated rings. The molecular weight excluding hydrogens is 440 g/mol. The predicted molar refractivity (Wildman–Crippen MR) is 131 cm³/mol. The van der Waals surface area contributed by atoms with Crippen LogP contribution in [0.3, 0.4) is 0 Å². The number of sulfonamides is 1. The lowest BCUT2D eigenvalue weighted by Crippen LogP contribution is -2.40. The lowest BCUT2D eigenvalue weighted by atomic mass is 10.0. The minimum atomic E-state index is -3.74. The third-order valence-electron chi connectivity index (χ3n) is 4.79. The summed E-state index contributed by atoms with van der Waals surface area (Å²) in [5.74, 6) is 1.30. The lowest BCUT2D eigenvalue weighted by Gasteiger charge is -2.20. The standard InChI is InChI=1S/C24H30N4O2S2/c1-16(2)12-19-14-21(23(31-19)32(29,30)27-24(4,5)6)20-9-8-18(13-22(20)25-7)15-28-11-10-26-17(28)3/h8-11,13-14,16,27H,12,15H2,1-6H3. The fraction of sp³-hybridized carbons (Fsp3) is 0.417. The highest BCUT2D eigenvalue weighted by Crippen LogP contribution is 2.41. The van der Waals surface area contributed by atoms with Crippen molar-refractivity contribution in [3.63, 3.8) is 0 Å². The summed E-state index contributed by atoms with van der Waals surface area (Å²) in [6.45, 7) is 20.0. The topological polar surface area (TPSA) is 68.3 Å². The average Bonchev–Trinajstić information content (AvgIpc) is 3.26. The number of rotatable bonds is 7. The van der Waals surface area contributed by atoms with Gasteiger partial charge in [-0.25, -0.2) is 23.0 Å². The maximum Gasteiger partial charge on any atom is 0.251 e. The molecule has 0 aliphatic carbocycles. The van der Waals surface area contributed by atoms with E-state index in [0.717, 1.165) is 22.7 Å². The van der Waals surface area contributed by atoms with Gasteiger partial charge in [-0.1, -0.05) is 32.0 Å². The first-order chi connectivity index (χ1) is 14.9. The highest BCUT2D eigenvalue weighted by molar-refractivity contribution is 7.91. The van der Waals surface area contributed by atoms with E-state index in [1.807, 2.05) is 62.7 Å². The molecule has 0 unspecified atom stereocenters. The molecule has 2 heterocycles. The number of nitrogens with one attached hydrogen (secondary N) is 1. The number of hydrogen-bond acceptors (Lipinski definition) is 4. The van der Waals surface area contributed by atoms with Crippen LogP contribution in [0.15, 0.2) is 40.9 Å². The third-order valence-corrected chi connectivity index (χ3v) is 8.24. The molecule has 2 aromatic heterocycles. The van der Waals surface area contributed by atoms with E-state index in [1.54, 1.807) is 6.20 Å². The van der Waals surface area contributed by atoms with Crippen LogP contribution in [0, 0.1) is 19.4 Å². The van der Waals surface area contributed by atoms with Crippen LogP contribution < -0.4 is 4.72 Å². The van der Waals surface area contributed by atoms with Crippen LogP contribution >= 0.6 is 11.3 Å². The molecule has 0 radical (unpaired) electrons. The summed E-state index contributed by atoms with van der Waals surface area (Å²) in [6, 6.07) is 7.60. The van der Waals surface area contributed by atoms with E-state index < -0.39 is 15.6 Å². The minimum Gasteiger partial charge on any atom is -0.331 e. The number of benzene rings is 1. The Balaban J connectivity index is 2.10. The van der Waals surface area contributed by atoms with Gasteiger partial charge < -0.3 is 4.57 Å². The van der Waals surface area contributed by atoms with Gasteiger partial charge in [-0.15, -0.1) is 11.3 Å². The van der Waals surface area contributed by atoms with Gasteiger partial charge in [-0.2, -0.15) is 0 Å². The summed E-state index contributed by atoms with van der Waals surface area (Å²) in [5, 5.41) is 0. The molecule has 3 aromatic rings. The molecule has 0 saturated heterocycles. The Labute approximate surface area is 195 Å². The molecule has 8 heteroatoms. The number of aromatic nitrogens is 2. The molecule has 0 spiro atoms. The molecule has 3 rings (SSSR count). The van der Waals surface area contributed by atoms with Gasteiger partial charge in [-0.05, 0) is 57.2 Å². The molecule has 170 valence electrons. The molecule has 0 atom stereocenters. The number of aryl methyl sites for hydroxylation is 1. The van der Waals surface area contributed by atoms with Crippen molar-refractivity contribution >= 4 is 27.0 Å². The third kappa shape index (κ3) is 5.66. The minimum absolute atomic E-state index is 0.270. The summed E-state index contributed by atoms with van der Waals surface area (Å²) >= 11 is 1.29. The molecule has 0 aliphatic heterocycles. The predicted octanol–water partition coefficient (Wildman–Crippen LogP) is 5.79. The Morgan fingerprint density at radius 2 is 1.94 bits per heavy atom. The van der Waals surface area contributed by atoms with Crippen LogP contribution in [-0.4, -0.2) is 23.5 Å². The van der Waals surface area contributed by atoms with Crippen LogP contribution in [0.1, 0.15) is 50.9 Å². The molecule has 1 N–H and O–H groups in total. The monoisotopic (exact) mass is 470 g/mol. The van der Waals surface area contributed by atoms with E-state index in [1.165, 1.54) is 11.3 Å². The zero-order chi connectivity index (χ0) is 23.7. The molecule has 0 saturated carbocycles. The van der Waals surface area contributed by atoms with E-state index in [4.69, 9.17) is 6.57 Å². The number of hydrogen-bond donors (Lipinski definition) is 1. The first-order valence-corrected chi connectivity index (χ1v) is 12.8. The molecule has 1 aromatic carbocycles.